The molecule has 0 bridgehead atoms. The van der Waals surface area contributed by atoms with Crippen LogP contribution in [0.4, 0.5) is 5.69 Å². The van der Waals surface area contributed by atoms with Gasteiger partial charge >= 0.3 is 5.97 Å². The van der Waals surface area contributed by atoms with Crippen LogP contribution in [0.15, 0.2) is 78.4 Å². The van der Waals surface area contributed by atoms with E-state index in [1.165, 1.54) is 6.08 Å². The highest BCUT2D eigenvalue weighted by molar-refractivity contribution is 14.1. The van der Waals surface area contributed by atoms with E-state index in [1.807, 2.05) is 18.2 Å². The molecule has 0 spiro atoms. The summed E-state index contributed by atoms with van der Waals surface area (Å²) < 4.78 is 11.4. The Morgan fingerprint density at radius 3 is 2.29 bits per heavy atom. The third-order valence-electron chi connectivity index (χ3n) is 4.17. The quantitative estimate of drug-likeness (QED) is 0.160. The van der Waals surface area contributed by atoms with Crippen molar-refractivity contribution >= 4 is 46.2 Å². The van der Waals surface area contributed by atoms with Gasteiger partial charge in [0, 0.05) is 9.26 Å². The topological polar surface area (TPSA) is 88.4 Å². The van der Waals surface area contributed by atoms with Crippen molar-refractivity contribution in [2.24, 2.45) is 0 Å². The molecule has 3 aromatic carbocycles. The molecule has 0 aliphatic carbocycles. The number of nitriles is 1. The molecule has 0 unspecified atom stereocenters. The third-order valence-corrected chi connectivity index (χ3v) is 4.85. The van der Waals surface area contributed by atoms with Crippen molar-refractivity contribution in [3.63, 3.8) is 0 Å². The zero-order chi connectivity index (χ0) is 22.2. The van der Waals surface area contributed by atoms with Crippen LogP contribution in [0.5, 0.6) is 11.5 Å². The van der Waals surface area contributed by atoms with Crippen LogP contribution in [0.2, 0.25) is 0 Å². The number of halogens is 1. The first-order chi connectivity index (χ1) is 15.0. The minimum absolute atomic E-state index is 0.0400. The van der Waals surface area contributed by atoms with Gasteiger partial charge in [0.05, 0.1) is 12.7 Å². The normalized spacial score (nSPS) is 10.7. The van der Waals surface area contributed by atoms with E-state index >= 15 is 0 Å². The van der Waals surface area contributed by atoms with Crippen LogP contribution in [-0.2, 0) is 4.79 Å². The van der Waals surface area contributed by atoms with Crippen LogP contribution < -0.4 is 14.8 Å². The first kappa shape index (κ1) is 22.1. The van der Waals surface area contributed by atoms with E-state index in [0.29, 0.717) is 28.3 Å². The number of carbonyl (C=O) groups is 2. The number of benzene rings is 3. The summed E-state index contributed by atoms with van der Waals surface area (Å²) in [6, 6.07) is 22.3. The van der Waals surface area contributed by atoms with E-state index in [4.69, 9.17) is 9.47 Å². The van der Waals surface area contributed by atoms with E-state index in [2.05, 4.69) is 27.9 Å². The molecule has 0 saturated heterocycles. The highest BCUT2D eigenvalue weighted by atomic mass is 127. The molecular weight excluding hydrogens is 507 g/mol. The van der Waals surface area contributed by atoms with Crippen molar-refractivity contribution in [1.29, 1.82) is 5.26 Å². The Morgan fingerprint density at radius 2 is 1.68 bits per heavy atom. The average molecular weight is 524 g/mol. The van der Waals surface area contributed by atoms with Crippen LogP contribution in [-0.4, -0.2) is 19.0 Å². The Morgan fingerprint density at radius 1 is 1.00 bits per heavy atom. The van der Waals surface area contributed by atoms with Crippen LogP contribution in [0.3, 0.4) is 0 Å². The molecule has 3 rings (SSSR count). The van der Waals surface area contributed by atoms with Crippen molar-refractivity contribution in [2.75, 3.05) is 12.4 Å². The molecule has 0 heterocycles. The number of carbonyl (C=O) groups excluding carboxylic acids is 2. The average Bonchev–Trinajstić information content (AvgIpc) is 2.78. The van der Waals surface area contributed by atoms with E-state index in [0.717, 1.165) is 3.57 Å². The van der Waals surface area contributed by atoms with Crippen LogP contribution in [0, 0.1) is 14.9 Å². The lowest BCUT2D eigenvalue weighted by molar-refractivity contribution is -0.112. The highest BCUT2D eigenvalue weighted by Gasteiger charge is 2.11. The van der Waals surface area contributed by atoms with Gasteiger partial charge in [0.15, 0.2) is 0 Å². The van der Waals surface area contributed by atoms with E-state index in [9.17, 15) is 14.9 Å². The molecule has 0 fully saturated rings. The van der Waals surface area contributed by atoms with Crippen molar-refractivity contribution < 1.29 is 19.1 Å². The fourth-order valence-corrected chi connectivity index (χ4v) is 3.15. The SMILES string of the molecule is COc1ccc(C(=O)Oc2ccc(/C=C(\C#N)C(=O)Nc3cccc(I)c3)cc2)cc1. The van der Waals surface area contributed by atoms with Gasteiger partial charge in [0.1, 0.15) is 23.1 Å². The number of hydrogen-bond acceptors (Lipinski definition) is 5. The predicted octanol–water partition coefficient (Wildman–Crippen LogP) is 5.06. The summed E-state index contributed by atoms with van der Waals surface area (Å²) in [5.41, 5.74) is 1.59. The minimum Gasteiger partial charge on any atom is -0.497 e. The van der Waals surface area contributed by atoms with Gasteiger partial charge in [-0.1, -0.05) is 18.2 Å². The van der Waals surface area contributed by atoms with Crippen molar-refractivity contribution in [3.05, 3.63) is 93.1 Å². The smallest absolute Gasteiger partial charge is 0.343 e. The van der Waals surface area contributed by atoms with Gasteiger partial charge in [0.2, 0.25) is 0 Å². The minimum atomic E-state index is -0.500. The molecule has 0 saturated carbocycles. The highest BCUT2D eigenvalue weighted by Crippen LogP contribution is 2.19. The maximum atomic E-state index is 12.4. The summed E-state index contributed by atoms with van der Waals surface area (Å²) in [5.74, 6) is -0.00755. The Hall–Kier alpha value is -3.64. The molecular formula is C24H17IN2O4. The number of anilines is 1. The standard InChI is InChI=1S/C24H17IN2O4/c1-30-21-11-7-17(8-12-21)24(29)31-22-9-5-16(6-10-22)13-18(15-26)23(28)27-20-4-2-3-19(25)14-20/h2-14H,1H3,(H,27,28)/b18-13+. The summed E-state index contributed by atoms with van der Waals surface area (Å²) in [5, 5.41) is 12.1. The summed E-state index contributed by atoms with van der Waals surface area (Å²) in [4.78, 5) is 24.6. The zero-order valence-corrected chi connectivity index (χ0v) is 18.6. The third kappa shape index (κ3) is 6.17. The first-order valence-electron chi connectivity index (χ1n) is 9.13. The monoisotopic (exact) mass is 524 g/mol. The van der Waals surface area contributed by atoms with Crippen molar-refractivity contribution in [3.8, 4) is 17.6 Å². The maximum Gasteiger partial charge on any atom is 0.343 e. The summed E-state index contributed by atoms with van der Waals surface area (Å²) in [6.45, 7) is 0. The molecule has 3 aromatic rings. The number of esters is 1. The molecule has 0 aliphatic heterocycles. The molecule has 154 valence electrons. The van der Waals surface area contributed by atoms with Gasteiger partial charge < -0.3 is 14.8 Å². The van der Waals surface area contributed by atoms with E-state index in [1.54, 1.807) is 67.8 Å². The molecule has 0 radical (unpaired) electrons. The summed E-state index contributed by atoms with van der Waals surface area (Å²) >= 11 is 2.14. The van der Waals surface area contributed by atoms with E-state index < -0.39 is 11.9 Å². The fourth-order valence-electron chi connectivity index (χ4n) is 2.61. The Balaban J connectivity index is 1.67. The molecule has 0 atom stereocenters. The van der Waals surface area contributed by atoms with Crippen LogP contribution in [0.25, 0.3) is 6.08 Å². The fraction of sp³-hybridized carbons (Fsp3) is 0.0417. The number of rotatable bonds is 6. The van der Waals surface area contributed by atoms with Gasteiger partial charge in [-0.05, 0) is 88.8 Å². The number of ether oxygens (including phenoxy) is 2. The van der Waals surface area contributed by atoms with Crippen molar-refractivity contribution in [1.82, 2.24) is 0 Å². The number of nitrogens with one attached hydrogen (secondary N) is 1. The number of amides is 1. The lowest BCUT2D eigenvalue weighted by Gasteiger charge is -2.06. The Kier molecular flexibility index (Phi) is 7.40. The van der Waals surface area contributed by atoms with Gasteiger partial charge in [0.25, 0.3) is 5.91 Å². The van der Waals surface area contributed by atoms with Crippen LogP contribution >= 0.6 is 22.6 Å². The Bertz CT molecular complexity index is 1160. The van der Waals surface area contributed by atoms with Gasteiger partial charge in [-0.25, -0.2) is 4.79 Å². The summed E-state index contributed by atoms with van der Waals surface area (Å²) in [6.07, 6.45) is 1.47. The van der Waals surface area contributed by atoms with Gasteiger partial charge in [-0.15, -0.1) is 0 Å². The molecule has 1 amide bonds. The zero-order valence-electron chi connectivity index (χ0n) is 16.5. The maximum absolute atomic E-state index is 12.4. The predicted molar refractivity (Wildman–Crippen MR) is 126 cm³/mol. The second-order valence-electron chi connectivity index (χ2n) is 6.32. The molecule has 1 N–H and O–H groups in total. The second kappa shape index (κ2) is 10.4. The molecule has 7 heteroatoms. The molecule has 0 aromatic heterocycles. The summed E-state index contributed by atoms with van der Waals surface area (Å²) in [7, 11) is 1.55. The second-order valence-corrected chi connectivity index (χ2v) is 7.57. The molecule has 0 aliphatic rings. The van der Waals surface area contributed by atoms with Gasteiger partial charge in [-0.2, -0.15) is 5.26 Å². The number of nitrogens with zero attached hydrogens (tertiary/aromatic N) is 1. The lowest BCUT2D eigenvalue weighted by atomic mass is 10.1. The molecule has 31 heavy (non-hydrogen) atoms. The Labute approximate surface area is 193 Å². The van der Waals surface area contributed by atoms with Crippen molar-refractivity contribution in [2.45, 2.75) is 0 Å². The number of methoxy groups -OCH3 is 1. The first-order valence-corrected chi connectivity index (χ1v) is 10.2. The molecule has 6 nitrogen and oxygen atoms in total. The van der Waals surface area contributed by atoms with Gasteiger partial charge in [-0.3, -0.25) is 4.79 Å². The lowest BCUT2D eigenvalue weighted by Crippen LogP contribution is -2.13. The number of hydrogen-bond donors (Lipinski definition) is 1. The largest absolute Gasteiger partial charge is 0.497 e. The van der Waals surface area contributed by atoms with E-state index in [-0.39, 0.29) is 5.57 Å². The van der Waals surface area contributed by atoms with Crippen LogP contribution in [0.1, 0.15) is 15.9 Å².